The molecule has 5 heteroatoms. The summed E-state index contributed by atoms with van der Waals surface area (Å²) < 4.78 is 2.24. The zero-order chi connectivity index (χ0) is 28.8. The summed E-state index contributed by atoms with van der Waals surface area (Å²) in [6.07, 6.45) is 13.8. The molecule has 0 fully saturated rings. The number of aliphatic carboxylic acids is 1. The molecule has 0 atom stereocenters. The topological polar surface area (TPSA) is 44.4 Å². The van der Waals surface area contributed by atoms with E-state index in [1.165, 1.54) is 48.8 Å². The Labute approximate surface area is 247 Å². The van der Waals surface area contributed by atoms with Crippen LogP contribution in [0.15, 0.2) is 113 Å². The van der Waals surface area contributed by atoms with E-state index in [4.69, 9.17) is 5.11 Å². The van der Waals surface area contributed by atoms with Gasteiger partial charge in [-0.15, -0.1) is 0 Å². The van der Waals surface area contributed by atoms with Gasteiger partial charge in [0, 0.05) is 42.1 Å². The number of carboxylic acid groups (broad SMARTS) is 1. The second-order valence-electron chi connectivity index (χ2n) is 10.7. The van der Waals surface area contributed by atoms with Crippen LogP contribution >= 0.6 is 11.8 Å². The first kappa shape index (κ1) is 28.4. The van der Waals surface area contributed by atoms with Crippen LogP contribution in [0.3, 0.4) is 0 Å². The van der Waals surface area contributed by atoms with E-state index in [2.05, 4.69) is 127 Å². The normalized spacial score (nSPS) is 14.4. The largest absolute Gasteiger partial charge is 0.481 e. The number of aromatic nitrogens is 1. The Morgan fingerprint density at radius 3 is 2.54 bits per heavy atom. The van der Waals surface area contributed by atoms with Gasteiger partial charge in [0.25, 0.3) is 0 Å². The van der Waals surface area contributed by atoms with Crippen molar-refractivity contribution >= 4 is 40.4 Å². The van der Waals surface area contributed by atoms with Crippen molar-refractivity contribution in [1.29, 1.82) is 0 Å². The molecule has 0 bridgehead atoms. The summed E-state index contributed by atoms with van der Waals surface area (Å²) in [6.45, 7) is 7.29. The summed E-state index contributed by atoms with van der Waals surface area (Å²) >= 11 is 1.81. The second kappa shape index (κ2) is 13.0. The summed E-state index contributed by atoms with van der Waals surface area (Å²) in [6, 6.07) is 25.9. The van der Waals surface area contributed by atoms with E-state index in [1.807, 2.05) is 17.8 Å². The number of thioether (sulfide) groups is 1. The van der Waals surface area contributed by atoms with Crippen LogP contribution in [0.5, 0.6) is 0 Å². The zero-order valence-electron chi connectivity index (χ0n) is 24.0. The molecule has 2 heterocycles. The fourth-order valence-corrected chi connectivity index (χ4v) is 6.33. The van der Waals surface area contributed by atoms with Crippen molar-refractivity contribution < 1.29 is 14.5 Å². The number of unbranched alkanes of at least 4 members (excludes halogenated alkanes) is 2. The van der Waals surface area contributed by atoms with Gasteiger partial charge in [0.2, 0.25) is 11.2 Å². The van der Waals surface area contributed by atoms with E-state index < -0.39 is 5.97 Å². The molecule has 0 radical (unpaired) electrons. The van der Waals surface area contributed by atoms with E-state index in [9.17, 15) is 4.79 Å². The molecule has 0 unspecified atom stereocenters. The molecule has 3 aromatic carbocycles. The second-order valence-corrected chi connectivity index (χ2v) is 11.7. The van der Waals surface area contributed by atoms with Crippen LogP contribution in [0.1, 0.15) is 49.3 Å². The molecule has 1 aliphatic heterocycles. The smallest absolute Gasteiger partial charge is 0.303 e. The molecular formula is C36H37N2O2S+. The number of nitrogens with zero attached hydrogens (tertiary/aromatic N) is 2. The number of para-hydroxylation sites is 1. The predicted octanol–water partition coefficient (Wildman–Crippen LogP) is 8.79. The van der Waals surface area contributed by atoms with Crippen LogP contribution in [-0.2, 0) is 4.79 Å². The summed E-state index contributed by atoms with van der Waals surface area (Å²) in [5.41, 5.74) is 8.44. The first-order valence-corrected chi connectivity index (χ1v) is 15.1. The van der Waals surface area contributed by atoms with Crippen molar-refractivity contribution in [1.82, 2.24) is 0 Å². The number of hydrogen-bond donors (Lipinski definition) is 1. The molecule has 0 aliphatic carbocycles. The van der Waals surface area contributed by atoms with Gasteiger partial charge in [-0.25, -0.2) is 0 Å². The number of anilines is 1. The number of hydrogen-bond acceptors (Lipinski definition) is 3. The third-order valence-electron chi connectivity index (χ3n) is 7.33. The fraction of sp³-hybridized carbons (Fsp3) is 0.222. The molecule has 0 amide bonds. The fourth-order valence-electron chi connectivity index (χ4n) is 5.14. The number of fused-ring (bicyclic) bond motifs is 2. The minimum Gasteiger partial charge on any atom is -0.481 e. The number of benzene rings is 3. The lowest BCUT2D eigenvalue weighted by atomic mass is 10.0. The van der Waals surface area contributed by atoms with Crippen molar-refractivity contribution in [2.75, 3.05) is 11.4 Å². The molecule has 1 N–H and O–H groups in total. The lowest BCUT2D eigenvalue weighted by Crippen LogP contribution is -2.31. The third kappa shape index (κ3) is 6.98. The monoisotopic (exact) mass is 561 g/mol. The van der Waals surface area contributed by atoms with Crippen LogP contribution in [0.4, 0.5) is 5.69 Å². The highest BCUT2D eigenvalue weighted by Gasteiger charge is 2.24. The molecule has 208 valence electrons. The Morgan fingerprint density at radius 2 is 1.73 bits per heavy atom. The highest BCUT2D eigenvalue weighted by molar-refractivity contribution is 8.03. The van der Waals surface area contributed by atoms with Crippen molar-refractivity contribution in [3.05, 3.63) is 125 Å². The molecule has 41 heavy (non-hydrogen) atoms. The van der Waals surface area contributed by atoms with Gasteiger partial charge in [-0.05, 0) is 69.0 Å². The first-order chi connectivity index (χ1) is 19.9. The minimum absolute atomic E-state index is 0.240. The Hall–Kier alpha value is -4.09. The predicted molar refractivity (Wildman–Crippen MR) is 172 cm³/mol. The summed E-state index contributed by atoms with van der Waals surface area (Å²) in [7, 11) is 0. The molecule has 5 rings (SSSR count). The number of carbonyl (C=O) groups is 1. The molecule has 4 aromatic rings. The standard InChI is InChI=1S/C36H36N2O2S/c1-26(13-17-29-21-23-37(30-10-6-4-7-11-30)32-18-14-27(2)24-31(29)32)16-20-35-38(22-9-5-8-12-36(39)40)33-19-15-28(3)25-34(33)41-35/h4,6-7,10-11,13-21,23-25H,5,8-9,12,22H2,1-3H3/p+1. The summed E-state index contributed by atoms with van der Waals surface area (Å²) in [4.78, 5) is 14.5. The van der Waals surface area contributed by atoms with Gasteiger partial charge in [0.15, 0.2) is 6.20 Å². The number of rotatable bonds is 10. The Morgan fingerprint density at radius 1 is 0.951 bits per heavy atom. The van der Waals surface area contributed by atoms with Gasteiger partial charge in [0.05, 0.1) is 16.1 Å². The van der Waals surface area contributed by atoms with Crippen molar-refractivity contribution in [3.8, 4) is 5.69 Å². The maximum atomic E-state index is 10.9. The molecule has 0 saturated heterocycles. The van der Waals surface area contributed by atoms with Crippen LogP contribution < -0.4 is 9.47 Å². The highest BCUT2D eigenvalue weighted by Crippen LogP contribution is 2.46. The highest BCUT2D eigenvalue weighted by atomic mass is 32.2. The van der Waals surface area contributed by atoms with E-state index in [-0.39, 0.29) is 6.42 Å². The van der Waals surface area contributed by atoms with E-state index in [0.29, 0.717) is 0 Å². The number of allylic oxidation sites excluding steroid dienone is 4. The van der Waals surface area contributed by atoms with Crippen molar-refractivity contribution in [3.63, 3.8) is 0 Å². The number of aryl methyl sites for hydroxylation is 2. The molecule has 1 aliphatic rings. The SMILES string of the molecule is CC(/C=C/c1cc[n+](-c2ccccc2)c2ccc(C)cc12)=C\C=C1\Sc2cc(C)ccc2N1CCCCCC(=O)O. The average molecular weight is 562 g/mol. The van der Waals surface area contributed by atoms with E-state index in [1.54, 1.807) is 0 Å². The molecule has 4 nitrogen and oxygen atoms in total. The van der Waals surface area contributed by atoms with E-state index >= 15 is 0 Å². The quantitative estimate of drug-likeness (QED) is 0.119. The zero-order valence-corrected chi connectivity index (χ0v) is 24.8. The van der Waals surface area contributed by atoms with Gasteiger partial charge in [-0.1, -0.05) is 77.9 Å². The molecule has 0 spiro atoms. The van der Waals surface area contributed by atoms with E-state index in [0.717, 1.165) is 31.5 Å². The average Bonchev–Trinajstić information content (AvgIpc) is 3.31. The Kier molecular flexibility index (Phi) is 9.05. The van der Waals surface area contributed by atoms with Gasteiger partial charge < -0.3 is 10.0 Å². The molecule has 0 saturated carbocycles. The van der Waals surface area contributed by atoms with Gasteiger partial charge in [0.1, 0.15) is 0 Å². The maximum Gasteiger partial charge on any atom is 0.303 e. The molecule has 1 aromatic heterocycles. The first-order valence-electron chi connectivity index (χ1n) is 14.2. The van der Waals surface area contributed by atoms with Crippen molar-refractivity contribution in [2.45, 2.75) is 51.3 Å². The number of carboxylic acids is 1. The van der Waals surface area contributed by atoms with Crippen LogP contribution in [-0.4, -0.2) is 17.6 Å². The maximum absolute atomic E-state index is 10.9. The van der Waals surface area contributed by atoms with Gasteiger partial charge >= 0.3 is 5.97 Å². The summed E-state index contributed by atoms with van der Waals surface area (Å²) in [5.74, 6) is -0.717. The minimum atomic E-state index is -0.717. The lowest BCUT2D eigenvalue weighted by molar-refractivity contribution is -0.567. The van der Waals surface area contributed by atoms with Gasteiger partial charge in [-0.3, -0.25) is 4.79 Å². The molecular weight excluding hydrogens is 524 g/mol. The van der Waals surface area contributed by atoms with Crippen LogP contribution in [0.2, 0.25) is 0 Å². The van der Waals surface area contributed by atoms with Crippen LogP contribution in [0, 0.1) is 13.8 Å². The van der Waals surface area contributed by atoms with Crippen molar-refractivity contribution in [2.24, 2.45) is 0 Å². The van der Waals surface area contributed by atoms with Crippen LogP contribution in [0.25, 0.3) is 22.7 Å². The number of pyridine rings is 1. The third-order valence-corrected chi connectivity index (χ3v) is 8.45. The lowest BCUT2D eigenvalue weighted by Gasteiger charge is -2.20. The summed E-state index contributed by atoms with van der Waals surface area (Å²) in [5, 5.41) is 11.4. The van der Waals surface area contributed by atoms with Gasteiger partial charge in [-0.2, -0.15) is 4.57 Å². The Bertz CT molecular complexity index is 1650. The Balaban J connectivity index is 1.37.